The molecule has 10 nitrogen and oxygen atoms in total. The van der Waals surface area contributed by atoms with Gasteiger partial charge in [0, 0.05) is 6.42 Å². The first-order valence-electron chi connectivity index (χ1n) is 7.65. The normalized spacial score (nSPS) is 12.6. The molecule has 1 aromatic rings. The quantitative estimate of drug-likeness (QED) is 0.372. The van der Waals surface area contributed by atoms with E-state index in [1.165, 1.54) is 0 Å². The summed E-state index contributed by atoms with van der Waals surface area (Å²) in [7, 11) is 0. The highest BCUT2D eigenvalue weighted by Crippen LogP contribution is 2.02. The lowest BCUT2D eigenvalue weighted by molar-refractivity contribution is -0.141. The number of carboxylic acids is 3. The first-order chi connectivity index (χ1) is 12.3. The minimum Gasteiger partial charge on any atom is -0.481 e. The second-order valence-electron chi connectivity index (χ2n) is 5.33. The van der Waals surface area contributed by atoms with Crippen LogP contribution in [0.25, 0.3) is 0 Å². The first-order valence-corrected chi connectivity index (χ1v) is 7.65. The van der Waals surface area contributed by atoms with E-state index in [1.54, 1.807) is 24.3 Å². The molecular formula is C16H20N2O8. The maximum Gasteiger partial charge on any atom is 0.328 e. The molecule has 0 spiro atoms. The summed E-state index contributed by atoms with van der Waals surface area (Å²) in [6.45, 7) is -0.186. The van der Waals surface area contributed by atoms with E-state index in [1.807, 2.05) is 11.4 Å². The van der Waals surface area contributed by atoms with Gasteiger partial charge in [0.1, 0.15) is 6.04 Å². The average Bonchev–Trinajstić information content (AvgIpc) is 2.58. The van der Waals surface area contributed by atoms with Crippen molar-refractivity contribution in [1.29, 1.82) is 0 Å². The van der Waals surface area contributed by atoms with Crippen LogP contribution in [0.4, 0.5) is 4.79 Å². The van der Waals surface area contributed by atoms with Gasteiger partial charge in [-0.25, -0.2) is 14.4 Å². The second-order valence-corrected chi connectivity index (χ2v) is 5.33. The van der Waals surface area contributed by atoms with Crippen molar-refractivity contribution in [1.82, 2.24) is 10.6 Å². The molecule has 0 fully saturated rings. The fraction of sp³-hybridized carbons (Fsp3) is 0.375. The Balaban J connectivity index is 2.51. The van der Waals surface area contributed by atoms with Crippen LogP contribution in [-0.4, -0.2) is 57.9 Å². The number of urea groups is 1. The number of benzene rings is 1. The van der Waals surface area contributed by atoms with E-state index >= 15 is 0 Å². The van der Waals surface area contributed by atoms with Gasteiger partial charge in [-0.2, -0.15) is 0 Å². The molecular weight excluding hydrogens is 348 g/mol. The molecule has 0 aliphatic rings. The largest absolute Gasteiger partial charge is 0.481 e. The van der Waals surface area contributed by atoms with Crippen LogP contribution in [0.5, 0.6) is 0 Å². The molecule has 1 rings (SSSR count). The molecule has 0 radical (unpaired) electrons. The molecule has 142 valence electrons. The van der Waals surface area contributed by atoms with E-state index in [4.69, 9.17) is 20.1 Å². The highest BCUT2D eigenvalue weighted by Gasteiger charge is 2.25. The van der Waals surface area contributed by atoms with Gasteiger partial charge in [0.25, 0.3) is 0 Å². The number of ether oxygens (including phenoxy) is 1. The number of carbonyl (C=O) groups excluding carboxylic acids is 1. The fourth-order valence-corrected chi connectivity index (χ4v) is 1.93. The molecule has 2 amide bonds. The third-order valence-corrected chi connectivity index (χ3v) is 3.25. The van der Waals surface area contributed by atoms with Crippen molar-refractivity contribution >= 4 is 23.9 Å². The van der Waals surface area contributed by atoms with Gasteiger partial charge in [0.05, 0.1) is 13.2 Å². The molecule has 0 saturated heterocycles. The molecule has 0 bridgehead atoms. The van der Waals surface area contributed by atoms with Gasteiger partial charge in [-0.3, -0.25) is 4.79 Å². The van der Waals surface area contributed by atoms with Gasteiger partial charge in [0.2, 0.25) is 0 Å². The Labute approximate surface area is 148 Å². The van der Waals surface area contributed by atoms with Crippen LogP contribution in [0.1, 0.15) is 18.4 Å². The summed E-state index contributed by atoms with van der Waals surface area (Å²) in [5.41, 5.74) is 0.820. The molecule has 2 unspecified atom stereocenters. The lowest BCUT2D eigenvalue weighted by Crippen LogP contribution is -2.52. The summed E-state index contributed by atoms with van der Waals surface area (Å²) in [5, 5.41) is 30.8. The molecule has 0 heterocycles. The van der Waals surface area contributed by atoms with Gasteiger partial charge in [0.15, 0.2) is 6.04 Å². The van der Waals surface area contributed by atoms with Crippen molar-refractivity contribution in [3.8, 4) is 0 Å². The summed E-state index contributed by atoms with van der Waals surface area (Å²) in [5.74, 6) is -3.99. The zero-order valence-electron chi connectivity index (χ0n) is 13.8. The van der Waals surface area contributed by atoms with E-state index in [2.05, 4.69) is 5.32 Å². The van der Waals surface area contributed by atoms with E-state index in [0.29, 0.717) is 0 Å². The lowest BCUT2D eigenvalue weighted by Gasteiger charge is -2.18. The number of carbonyl (C=O) groups is 4. The van der Waals surface area contributed by atoms with Crippen molar-refractivity contribution in [2.75, 3.05) is 6.61 Å². The summed E-state index contributed by atoms with van der Waals surface area (Å²) in [6.07, 6.45) is -0.792. The second kappa shape index (κ2) is 10.7. The van der Waals surface area contributed by atoms with Gasteiger partial charge < -0.3 is 30.7 Å². The van der Waals surface area contributed by atoms with Gasteiger partial charge >= 0.3 is 23.9 Å². The molecule has 0 aliphatic carbocycles. The van der Waals surface area contributed by atoms with Crippen molar-refractivity contribution in [3.63, 3.8) is 0 Å². The van der Waals surface area contributed by atoms with Crippen molar-refractivity contribution < 1.29 is 39.2 Å². The summed E-state index contributed by atoms with van der Waals surface area (Å²) < 4.78 is 5.26. The van der Waals surface area contributed by atoms with E-state index in [-0.39, 0.29) is 19.6 Å². The molecule has 0 aliphatic heterocycles. The third kappa shape index (κ3) is 8.11. The Morgan fingerprint density at radius 1 is 0.923 bits per heavy atom. The molecule has 5 N–H and O–H groups in total. The van der Waals surface area contributed by atoms with Crippen LogP contribution in [0.2, 0.25) is 0 Å². The van der Waals surface area contributed by atoms with Gasteiger partial charge in [-0.15, -0.1) is 0 Å². The lowest BCUT2D eigenvalue weighted by atomic mass is 10.1. The highest BCUT2D eigenvalue weighted by atomic mass is 16.5. The minimum atomic E-state index is -1.45. The van der Waals surface area contributed by atoms with E-state index in [0.717, 1.165) is 5.56 Å². The van der Waals surface area contributed by atoms with Crippen LogP contribution >= 0.6 is 0 Å². The number of rotatable bonds is 11. The monoisotopic (exact) mass is 368 g/mol. The van der Waals surface area contributed by atoms with Gasteiger partial charge in [-0.1, -0.05) is 30.3 Å². The number of aliphatic carboxylic acids is 3. The fourth-order valence-electron chi connectivity index (χ4n) is 1.93. The number of nitrogens with one attached hydrogen (secondary N) is 2. The zero-order valence-corrected chi connectivity index (χ0v) is 13.8. The Morgan fingerprint density at radius 2 is 1.50 bits per heavy atom. The number of amides is 2. The van der Waals surface area contributed by atoms with E-state index < -0.39 is 42.4 Å². The van der Waals surface area contributed by atoms with Crippen LogP contribution in [0.3, 0.4) is 0 Å². The zero-order chi connectivity index (χ0) is 19.5. The highest BCUT2D eigenvalue weighted by molar-refractivity contribution is 5.86. The molecule has 10 heteroatoms. The van der Waals surface area contributed by atoms with Crippen LogP contribution in [0.15, 0.2) is 30.3 Å². The number of carboxylic acid groups (broad SMARTS) is 3. The first kappa shape index (κ1) is 20.9. The summed E-state index contributed by atoms with van der Waals surface area (Å²) in [4.78, 5) is 44.5. The Hall–Kier alpha value is -3.14. The number of hydrogen-bond acceptors (Lipinski definition) is 5. The molecule has 26 heavy (non-hydrogen) atoms. The van der Waals surface area contributed by atoms with Crippen LogP contribution < -0.4 is 10.6 Å². The van der Waals surface area contributed by atoms with E-state index in [9.17, 15) is 19.2 Å². The predicted octanol–water partition coefficient (Wildman–Crippen LogP) is 0.274. The smallest absolute Gasteiger partial charge is 0.328 e. The Bertz CT molecular complexity index is 634. The molecule has 0 aromatic heterocycles. The standard InChI is InChI=1S/C16H20N2O8/c19-13(20)7-6-11(14(21)22)17-16(25)18-12(15(23)24)9-26-8-10-4-2-1-3-5-10/h1-5,11-12H,6-9H2,(H,19,20)(H,21,22)(H,23,24)(H2,17,18,25). The third-order valence-electron chi connectivity index (χ3n) is 3.25. The van der Waals surface area contributed by atoms with Crippen molar-refractivity contribution in [2.45, 2.75) is 31.5 Å². The van der Waals surface area contributed by atoms with Crippen molar-refractivity contribution in [2.24, 2.45) is 0 Å². The Kier molecular flexibility index (Phi) is 8.58. The number of hydrogen-bond donors (Lipinski definition) is 5. The molecule has 2 atom stereocenters. The Morgan fingerprint density at radius 3 is 2.04 bits per heavy atom. The van der Waals surface area contributed by atoms with Gasteiger partial charge in [-0.05, 0) is 12.0 Å². The molecule has 0 saturated carbocycles. The van der Waals surface area contributed by atoms with Crippen molar-refractivity contribution in [3.05, 3.63) is 35.9 Å². The summed E-state index contributed by atoms with van der Waals surface area (Å²) in [6, 6.07) is 5.09. The van der Waals surface area contributed by atoms with Crippen LogP contribution in [0, 0.1) is 0 Å². The predicted molar refractivity (Wildman–Crippen MR) is 87.5 cm³/mol. The maximum absolute atomic E-state index is 11.8. The topological polar surface area (TPSA) is 162 Å². The summed E-state index contributed by atoms with van der Waals surface area (Å²) >= 11 is 0. The SMILES string of the molecule is O=C(O)CCC(NC(=O)NC(COCc1ccccc1)C(=O)O)C(=O)O. The maximum atomic E-state index is 11.8. The van der Waals surface area contributed by atoms with Crippen LogP contribution in [-0.2, 0) is 25.7 Å². The minimum absolute atomic E-state index is 0.143. The molecule has 1 aromatic carbocycles. The average molecular weight is 368 g/mol.